The number of alkyl halides is 2. The Hall–Kier alpha value is -3.06. The third-order valence-electron chi connectivity index (χ3n) is 8.28. The summed E-state index contributed by atoms with van der Waals surface area (Å²) in [7, 11) is -3.97. The quantitative estimate of drug-likeness (QED) is 0.446. The van der Waals surface area contributed by atoms with Gasteiger partial charge in [-0.25, -0.2) is 21.9 Å². The molecule has 1 aliphatic heterocycles. The number of aliphatic hydroxyl groups is 1. The predicted octanol–water partition coefficient (Wildman–Crippen LogP) is 2.87. The summed E-state index contributed by atoms with van der Waals surface area (Å²) in [5, 5.41) is 13.8. The van der Waals surface area contributed by atoms with Gasteiger partial charge in [0, 0.05) is 32.0 Å². The third-order valence-corrected chi connectivity index (χ3v) is 9.53. The third kappa shape index (κ3) is 5.79. The second-order valence-corrected chi connectivity index (χ2v) is 12.8. The van der Waals surface area contributed by atoms with Crippen LogP contribution in [0.25, 0.3) is 11.3 Å². The van der Waals surface area contributed by atoms with Gasteiger partial charge in [0.25, 0.3) is 11.5 Å². The maximum absolute atomic E-state index is 13.8. The molecule has 1 amide bonds. The number of amides is 1. The standard InChI is InChI=1S/C26H33F2N5O5S/c27-26(28)7-5-17(6-8-26)33-21(35)4-3-19(30-33)22-20(31-39(37,38)16-15-34)2-1-18(24(29)36)23(22)32-13-11-25(9-10-25)12-14-32/h1-4,17,31,34H,5-16H2,(H2,29,36). The highest BCUT2D eigenvalue weighted by Crippen LogP contribution is 2.54. The molecular weight excluding hydrogens is 532 g/mol. The van der Waals surface area contributed by atoms with Gasteiger partial charge in [-0.3, -0.25) is 14.3 Å². The van der Waals surface area contributed by atoms with Gasteiger partial charge in [-0.1, -0.05) is 0 Å². The van der Waals surface area contributed by atoms with Gasteiger partial charge in [0.05, 0.1) is 46.6 Å². The molecule has 10 nitrogen and oxygen atoms in total. The zero-order valence-electron chi connectivity index (χ0n) is 21.5. The van der Waals surface area contributed by atoms with E-state index in [-0.39, 0.29) is 48.2 Å². The van der Waals surface area contributed by atoms with Crippen LogP contribution in [0.15, 0.2) is 29.1 Å². The SMILES string of the molecule is NC(=O)c1ccc(NS(=O)(=O)CCO)c(-c2ccc(=O)n(C3CCC(F)(F)CC3)n2)c1N1CCC2(CC1)CC2. The number of hydrogen-bond donors (Lipinski definition) is 3. The van der Waals surface area contributed by atoms with Crippen molar-refractivity contribution >= 4 is 27.3 Å². The first-order chi connectivity index (χ1) is 18.4. The molecule has 212 valence electrons. The summed E-state index contributed by atoms with van der Waals surface area (Å²) < 4.78 is 56.7. The van der Waals surface area contributed by atoms with Crippen molar-refractivity contribution in [1.82, 2.24) is 9.78 Å². The number of nitrogens with zero attached hydrogens (tertiary/aromatic N) is 3. The van der Waals surface area contributed by atoms with Crippen molar-refractivity contribution < 1.29 is 27.1 Å². The molecular formula is C26H33F2N5O5S. The van der Waals surface area contributed by atoms with Gasteiger partial charge < -0.3 is 15.7 Å². The monoisotopic (exact) mass is 565 g/mol. The minimum atomic E-state index is -3.97. The molecule has 1 aromatic heterocycles. The van der Waals surface area contributed by atoms with Crippen LogP contribution in [0.3, 0.4) is 0 Å². The topological polar surface area (TPSA) is 148 Å². The fourth-order valence-corrected chi connectivity index (χ4v) is 6.62. The Balaban J connectivity index is 1.65. The van der Waals surface area contributed by atoms with Crippen molar-refractivity contribution in [2.45, 2.75) is 63.3 Å². The molecule has 0 unspecified atom stereocenters. The molecule has 0 radical (unpaired) electrons. The second-order valence-electron chi connectivity index (χ2n) is 11.0. The molecule has 1 saturated heterocycles. The van der Waals surface area contributed by atoms with E-state index in [1.54, 1.807) is 0 Å². The number of carbonyl (C=O) groups is 1. The Morgan fingerprint density at radius 1 is 1.08 bits per heavy atom. The fourth-order valence-electron chi connectivity index (χ4n) is 5.77. The van der Waals surface area contributed by atoms with Gasteiger partial charge in [-0.15, -0.1) is 0 Å². The van der Waals surface area contributed by atoms with Crippen LogP contribution in [0.5, 0.6) is 0 Å². The van der Waals surface area contributed by atoms with E-state index in [4.69, 9.17) is 5.73 Å². The molecule has 1 aromatic carbocycles. The van der Waals surface area contributed by atoms with Crippen LogP contribution in [0.1, 0.15) is 67.8 Å². The van der Waals surface area contributed by atoms with Crippen molar-refractivity contribution in [3.05, 3.63) is 40.2 Å². The van der Waals surface area contributed by atoms with Crippen molar-refractivity contribution in [3.8, 4) is 11.3 Å². The number of rotatable bonds is 8. The number of piperidine rings is 1. The molecule has 13 heteroatoms. The molecule has 2 heterocycles. The van der Waals surface area contributed by atoms with Gasteiger partial charge in [-0.2, -0.15) is 5.10 Å². The van der Waals surface area contributed by atoms with Gasteiger partial charge in [-0.05, 0) is 62.1 Å². The van der Waals surface area contributed by atoms with Crippen LogP contribution in [0.2, 0.25) is 0 Å². The zero-order chi connectivity index (χ0) is 28.0. The number of hydrogen-bond acceptors (Lipinski definition) is 7. The maximum Gasteiger partial charge on any atom is 0.267 e. The average Bonchev–Trinajstić information content (AvgIpc) is 3.63. The van der Waals surface area contributed by atoms with E-state index in [0.717, 1.165) is 25.7 Å². The normalized spacial score (nSPS) is 20.6. The Morgan fingerprint density at radius 2 is 1.74 bits per heavy atom. The van der Waals surface area contributed by atoms with Crippen LogP contribution >= 0.6 is 0 Å². The molecule has 4 N–H and O–H groups in total. The van der Waals surface area contributed by atoms with Gasteiger partial charge >= 0.3 is 0 Å². The lowest BCUT2D eigenvalue weighted by Gasteiger charge is -2.36. The zero-order valence-corrected chi connectivity index (χ0v) is 22.4. The number of nitrogens with one attached hydrogen (secondary N) is 1. The number of sulfonamides is 1. The largest absolute Gasteiger partial charge is 0.395 e. The Kier molecular flexibility index (Phi) is 7.17. The highest BCUT2D eigenvalue weighted by atomic mass is 32.2. The van der Waals surface area contributed by atoms with E-state index in [9.17, 15) is 31.9 Å². The summed E-state index contributed by atoms with van der Waals surface area (Å²) in [4.78, 5) is 27.4. The van der Waals surface area contributed by atoms with Crippen LogP contribution in [0, 0.1) is 5.41 Å². The lowest BCUT2D eigenvalue weighted by molar-refractivity contribution is -0.0454. The molecule has 3 fully saturated rings. The second kappa shape index (κ2) is 10.2. The van der Waals surface area contributed by atoms with E-state index >= 15 is 0 Å². The number of halogens is 2. The first-order valence-electron chi connectivity index (χ1n) is 13.2. The van der Waals surface area contributed by atoms with Gasteiger partial charge in [0.2, 0.25) is 15.9 Å². The van der Waals surface area contributed by atoms with E-state index in [0.29, 0.717) is 24.2 Å². The molecule has 0 bridgehead atoms. The Morgan fingerprint density at radius 3 is 2.33 bits per heavy atom. The number of nitrogens with two attached hydrogens (primary N) is 1. The summed E-state index contributed by atoms with van der Waals surface area (Å²) in [5.41, 5.74) is 6.81. The fraction of sp³-hybridized carbons (Fsp3) is 0.577. The number of benzene rings is 1. The molecule has 5 rings (SSSR count). The van der Waals surface area contributed by atoms with Crippen molar-refractivity contribution in [1.29, 1.82) is 0 Å². The summed E-state index contributed by atoms with van der Waals surface area (Å²) in [5.74, 6) is -4.04. The summed E-state index contributed by atoms with van der Waals surface area (Å²) in [6.45, 7) is 0.648. The lowest BCUT2D eigenvalue weighted by Crippen LogP contribution is -2.37. The van der Waals surface area contributed by atoms with Gasteiger partial charge in [0.1, 0.15) is 0 Å². The molecule has 2 saturated carbocycles. The Bertz CT molecular complexity index is 1420. The van der Waals surface area contributed by atoms with Crippen LogP contribution in [-0.4, -0.2) is 60.6 Å². The average molecular weight is 566 g/mol. The number of carbonyl (C=O) groups excluding carboxylic acids is 1. The molecule has 39 heavy (non-hydrogen) atoms. The number of primary amides is 1. The Labute approximate surface area is 225 Å². The van der Waals surface area contributed by atoms with E-state index in [1.165, 1.54) is 28.9 Å². The first-order valence-corrected chi connectivity index (χ1v) is 14.9. The summed E-state index contributed by atoms with van der Waals surface area (Å²) in [6, 6.07) is 5.05. The molecule has 0 atom stereocenters. The van der Waals surface area contributed by atoms with E-state index < -0.39 is 45.8 Å². The lowest BCUT2D eigenvalue weighted by atomic mass is 9.91. The van der Waals surface area contributed by atoms with Crippen LogP contribution < -0.4 is 20.9 Å². The van der Waals surface area contributed by atoms with Crippen molar-refractivity contribution in [3.63, 3.8) is 0 Å². The van der Waals surface area contributed by atoms with E-state index in [1.807, 2.05) is 4.90 Å². The van der Waals surface area contributed by atoms with Crippen LogP contribution in [0.4, 0.5) is 20.2 Å². The number of aromatic nitrogens is 2. The van der Waals surface area contributed by atoms with E-state index in [2.05, 4.69) is 9.82 Å². The van der Waals surface area contributed by atoms with Crippen molar-refractivity contribution in [2.75, 3.05) is 35.1 Å². The minimum absolute atomic E-state index is 0.0712. The smallest absolute Gasteiger partial charge is 0.267 e. The first kappa shape index (κ1) is 27.5. The highest BCUT2D eigenvalue weighted by Gasteiger charge is 2.45. The predicted molar refractivity (Wildman–Crippen MR) is 143 cm³/mol. The maximum atomic E-state index is 13.8. The molecule has 2 aromatic rings. The summed E-state index contributed by atoms with van der Waals surface area (Å²) in [6.07, 6.45) is 3.56. The highest BCUT2D eigenvalue weighted by molar-refractivity contribution is 7.92. The molecule has 3 aliphatic rings. The van der Waals surface area contributed by atoms with Crippen molar-refractivity contribution in [2.24, 2.45) is 11.1 Å². The molecule has 2 aliphatic carbocycles. The molecule has 1 spiro atoms. The summed E-state index contributed by atoms with van der Waals surface area (Å²) >= 11 is 0. The number of aliphatic hydroxyl groups excluding tert-OH is 1. The van der Waals surface area contributed by atoms with Crippen LogP contribution in [-0.2, 0) is 10.0 Å². The number of anilines is 2. The van der Waals surface area contributed by atoms with Gasteiger partial charge in [0.15, 0.2) is 0 Å². The minimum Gasteiger partial charge on any atom is -0.395 e.